The Hall–Kier alpha value is -3.78. The number of nitrogens with one attached hydrogen (secondary N) is 1. The van der Waals surface area contributed by atoms with E-state index in [0.717, 1.165) is 22.7 Å². The molecule has 40 heavy (non-hydrogen) atoms. The van der Waals surface area contributed by atoms with Crippen molar-refractivity contribution in [2.75, 3.05) is 18.5 Å². The second-order valence-electron chi connectivity index (χ2n) is 9.72. The minimum Gasteiger partial charge on any atom is -0.472 e. The fourth-order valence-electron chi connectivity index (χ4n) is 4.95. The molecule has 0 unspecified atom stereocenters. The van der Waals surface area contributed by atoms with Gasteiger partial charge in [0.25, 0.3) is 5.88 Å². The molecule has 0 aliphatic heterocycles. The van der Waals surface area contributed by atoms with Crippen LogP contribution in [-0.4, -0.2) is 65.1 Å². The minimum atomic E-state index is -4.84. The van der Waals surface area contributed by atoms with Gasteiger partial charge in [-0.3, -0.25) is 9.36 Å². The summed E-state index contributed by atoms with van der Waals surface area (Å²) in [5.74, 6) is -1.46. The summed E-state index contributed by atoms with van der Waals surface area (Å²) >= 11 is 0. The number of halogens is 4. The van der Waals surface area contributed by atoms with E-state index in [0.29, 0.717) is 49.8 Å². The van der Waals surface area contributed by atoms with Crippen LogP contribution in [0.3, 0.4) is 0 Å². The largest absolute Gasteiger partial charge is 0.472 e. The lowest BCUT2D eigenvalue weighted by molar-refractivity contribution is -0.140. The smallest absolute Gasteiger partial charge is 0.419 e. The molecule has 10 nitrogen and oxygen atoms in total. The van der Waals surface area contributed by atoms with E-state index < -0.39 is 35.6 Å². The molecule has 3 N–H and O–H groups in total. The molecule has 4 aromatic rings. The maximum absolute atomic E-state index is 14.4. The number of pyridine rings is 2. The molecule has 1 aliphatic rings. The zero-order valence-electron chi connectivity index (χ0n) is 21.6. The number of anilines is 1. The average Bonchev–Trinajstić information content (AvgIpc) is 3.54. The summed E-state index contributed by atoms with van der Waals surface area (Å²) in [7, 11) is 0. The minimum absolute atomic E-state index is 0.0430. The van der Waals surface area contributed by atoms with Gasteiger partial charge in [0, 0.05) is 42.2 Å². The average molecular weight is 564 g/mol. The molecule has 0 aromatic carbocycles. The molecule has 14 heteroatoms. The van der Waals surface area contributed by atoms with E-state index in [1.165, 1.54) is 4.68 Å². The van der Waals surface area contributed by atoms with Gasteiger partial charge in [-0.1, -0.05) is 0 Å². The lowest BCUT2D eigenvalue weighted by Crippen LogP contribution is -2.27. The van der Waals surface area contributed by atoms with Crippen LogP contribution in [0.25, 0.3) is 22.2 Å². The number of aliphatic hydroxyl groups is 2. The molecule has 4 aromatic heterocycles. The molecule has 214 valence electrons. The van der Waals surface area contributed by atoms with Crippen molar-refractivity contribution < 1.29 is 32.5 Å². The van der Waals surface area contributed by atoms with Crippen molar-refractivity contribution in [3.63, 3.8) is 0 Å². The number of aromatic nitrogens is 6. The number of ether oxygens (including phenoxy) is 1. The van der Waals surface area contributed by atoms with Gasteiger partial charge in [0.05, 0.1) is 42.6 Å². The van der Waals surface area contributed by atoms with Crippen LogP contribution in [0.15, 0.2) is 36.9 Å². The highest BCUT2D eigenvalue weighted by Gasteiger charge is 2.36. The Balaban J connectivity index is 1.38. The number of hydrogen-bond donors (Lipinski definition) is 3. The van der Waals surface area contributed by atoms with E-state index in [4.69, 9.17) is 14.9 Å². The van der Waals surface area contributed by atoms with Crippen LogP contribution in [0.5, 0.6) is 5.88 Å². The summed E-state index contributed by atoms with van der Waals surface area (Å²) in [6.45, 7) is 2.39. The molecular formula is C26H29F4N7O3. The molecule has 0 amide bonds. The SMILES string of the molecule is CCNc1cc2c(cn1)c(-c1cnn(C[C@H](O)CO)c1)nn2[C@H]1CC[C@@H](Oc2nccc(C(F)(F)F)c2F)CC1. The Morgan fingerprint density at radius 2 is 1.95 bits per heavy atom. The Labute approximate surface area is 226 Å². The lowest BCUT2D eigenvalue weighted by atomic mass is 9.93. The van der Waals surface area contributed by atoms with Crippen LogP contribution < -0.4 is 10.1 Å². The van der Waals surface area contributed by atoms with Crippen molar-refractivity contribution >= 4 is 16.7 Å². The molecule has 1 saturated carbocycles. The third-order valence-corrected chi connectivity index (χ3v) is 6.90. The predicted molar refractivity (Wildman–Crippen MR) is 137 cm³/mol. The summed E-state index contributed by atoms with van der Waals surface area (Å²) in [4.78, 5) is 8.18. The summed E-state index contributed by atoms with van der Waals surface area (Å²) in [5.41, 5.74) is 0.818. The summed E-state index contributed by atoms with van der Waals surface area (Å²) in [6.07, 6.45) is 1.89. The highest BCUT2D eigenvalue weighted by molar-refractivity contribution is 5.93. The molecule has 0 spiro atoms. The summed E-state index contributed by atoms with van der Waals surface area (Å²) in [5, 5.41) is 32.1. The first-order chi connectivity index (χ1) is 19.2. The van der Waals surface area contributed by atoms with E-state index in [1.54, 1.807) is 18.6 Å². The van der Waals surface area contributed by atoms with E-state index in [-0.39, 0.29) is 19.2 Å². The quantitative estimate of drug-likeness (QED) is 0.259. The molecule has 1 aliphatic carbocycles. The van der Waals surface area contributed by atoms with Crippen LogP contribution in [0, 0.1) is 5.82 Å². The van der Waals surface area contributed by atoms with Crippen molar-refractivity contribution in [3.8, 4) is 17.1 Å². The molecule has 1 fully saturated rings. The van der Waals surface area contributed by atoms with Crippen LogP contribution in [-0.2, 0) is 12.7 Å². The highest BCUT2D eigenvalue weighted by atomic mass is 19.4. The predicted octanol–water partition coefficient (Wildman–Crippen LogP) is 4.20. The molecular weight excluding hydrogens is 534 g/mol. The fourth-order valence-corrected chi connectivity index (χ4v) is 4.95. The maximum Gasteiger partial charge on any atom is 0.419 e. The standard InChI is InChI=1S/C26H29F4N7O3/c1-2-31-22-9-21-19(11-33-22)24(15-10-34-36(12-15)13-17(39)14-38)35-37(21)16-3-5-18(6-4-16)40-25-23(27)20(7-8-32-25)26(28,29)30/h7-12,16-18,38-39H,2-6,13-14H2,1H3,(H,31,33)/t16-,17-,18+/m0/s1. The Morgan fingerprint density at radius 1 is 1.18 bits per heavy atom. The lowest BCUT2D eigenvalue weighted by Gasteiger charge is -2.29. The van der Waals surface area contributed by atoms with Crippen LogP contribution in [0.1, 0.15) is 44.2 Å². The molecule has 1 atom stereocenters. The van der Waals surface area contributed by atoms with Crippen molar-refractivity contribution in [1.29, 1.82) is 0 Å². The number of hydrogen-bond acceptors (Lipinski definition) is 8. The topological polar surface area (TPSA) is 123 Å². The second kappa shape index (κ2) is 11.4. The fraction of sp³-hybridized carbons (Fsp3) is 0.462. The molecule has 0 radical (unpaired) electrons. The Morgan fingerprint density at radius 3 is 2.65 bits per heavy atom. The van der Waals surface area contributed by atoms with Gasteiger partial charge in [-0.2, -0.15) is 23.4 Å². The van der Waals surface area contributed by atoms with Gasteiger partial charge in [0.1, 0.15) is 17.6 Å². The monoisotopic (exact) mass is 563 g/mol. The molecule has 0 bridgehead atoms. The number of rotatable bonds is 9. The first kappa shape index (κ1) is 27.8. The number of aliphatic hydroxyl groups excluding tert-OH is 2. The van der Waals surface area contributed by atoms with E-state index >= 15 is 0 Å². The summed E-state index contributed by atoms with van der Waals surface area (Å²) < 4.78 is 62.7. The van der Waals surface area contributed by atoms with Crippen LogP contribution in [0.4, 0.5) is 23.4 Å². The van der Waals surface area contributed by atoms with Gasteiger partial charge in [-0.25, -0.2) is 14.4 Å². The van der Waals surface area contributed by atoms with E-state index in [2.05, 4.69) is 20.4 Å². The van der Waals surface area contributed by atoms with E-state index in [1.807, 2.05) is 17.7 Å². The first-order valence-corrected chi connectivity index (χ1v) is 13.0. The van der Waals surface area contributed by atoms with Gasteiger partial charge in [0.15, 0.2) is 5.82 Å². The maximum atomic E-state index is 14.4. The van der Waals surface area contributed by atoms with Crippen LogP contribution >= 0.6 is 0 Å². The van der Waals surface area contributed by atoms with Crippen molar-refractivity contribution in [1.82, 2.24) is 29.5 Å². The van der Waals surface area contributed by atoms with Gasteiger partial charge in [-0.15, -0.1) is 0 Å². The van der Waals surface area contributed by atoms with Gasteiger partial charge in [0.2, 0.25) is 0 Å². The number of nitrogens with zero attached hydrogens (tertiary/aromatic N) is 6. The Kier molecular flexibility index (Phi) is 7.90. The number of alkyl halides is 3. The van der Waals surface area contributed by atoms with E-state index in [9.17, 15) is 22.7 Å². The highest BCUT2D eigenvalue weighted by Crippen LogP contribution is 2.38. The molecule has 5 rings (SSSR count). The molecule has 0 saturated heterocycles. The zero-order valence-corrected chi connectivity index (χ0v) is 21.6. The van der Waals surface area contributed by atoms with Gasteiger partial charge >= 0.3 is 6.18 Å². The first-order valence-electron chi connectivity index (χ1n) is 13.0. The third-order valence-electron chi connectivity index (χ3n) is 6.90. The van der Waals surface area contributed by atoms with Crippen molar-refractivity contribution in [3.05, 3.63) is 48.3 Å². The Bertz CT molecular complexity index is 1460. The normalized spacial score (nSPS) is 18.7. The van der Waals surface area contributed by atoms with Crippen LogP contribution in [0.2, 0.25) is 0 Å². The summed E-state index contributed by atoms with van der Waals surface area (Å²) in [6, 6.07) is 2.47. The molecule has 4 heterocycles. The second-order valence-corrected chi connectivity index (χ2v) is 9.72. The van der Waals surface area contributed by atoms with Gasteiger partial charge < -0.3 is 20.3 Å². The van der Waals surface area contributed by atoms with Crippen molar-refractivity contribution in [2.45, 2.75) is 63.6 Å². The number of fused-ring (bicyclic) bond motifs is 1. The zero-order chi connectivity index (χ0) is 28.4. The van der Waals surface area contributed by atoms with Crippen molar-refractivity contribution in [2.24, 2.45) is 0 Å². The third kappa shape index (κ3) is 5.72. The van der Waals surface area contributed by atoms with Gasteiger partial charge in [-0.05, 0) is 38.7 Å².